The van der Waals surface area contributed by atoms with E-state index in [9.17, 15) is 18.0 Å². The number of methoxy groups -OCH3 is 1. The molecule has 2 N–H and O–H groups in total. The summed E-state index contributed by atoms with van der Waals surface area (Å²) in [6, 6.07) is 9.39. The maximum absolute atomic E-state index is 12.8. The van der Waals surface area contributed by atoms with Gasteiger partial charge in [-0.15, -0.1) is 0 Å². The molecule has 25 heavy (non-hydrogen) atoms. The number of carbonyl (C=O) groups excluding carboxylic acids is 1. The molecule has 2 aromatic rings. The summed E-state index contributed by atoms with van der Waals surface area (Å²) >= 11 is -1.34. The SMILES string of the molecule is COc1ccc(C(=O)Nc2cccc(C(F)(F)F)c2)cc1NI(C)C. The second-order valence-corrected chi connectivity index (χ2v) is 10.2. The van der Waals surface area contributed by atoms with Crippen molar-refractivity contribution in [1.29, 1.82) is 0 Å². The number of hydrogen-bond donors (Lipinski definition) is 2. The van der Waals surface area contributed by atoms with E-state index in [0.29, 0.717) is 17.0 Å². The normalized spacial score (nSPS) is 11.7. The van der Waals surface area contributed by atoms with Gasteiger partial charge in [0, 0.05) is 0 Å². The van der Waals surface area contributed by atoms with Crippen LogP contribution in [0.1, 0.15) is 15.9 Å². The summed E-state index contributed by atoms with van der Waals surface area (Å²) in [6.07, 6.45) is -4.46. The number of anilines is 2. The summed E-state index contributed by atoms with van der Waals surface area (Å²) in [5.41, 5.74) is 0.311. The third kappa shape index (κ3) is 5.25. The number of benzene rings is 2. The van der Waals surface area contributed by atoms with Crippen molar-refractivity contribution >= 4 is 37.4 Å². The van der Waals surface area contributed by atoms with E-state index in [1.54, 1.807) is 18.2 Å². The van der Waals surface area contributed by atoms with Crippen LogP contribution < -0.4 is 13.6 Å². The summed E-state index contributed by atoms with van der Waals surface area (Å²) in [6.45, 7) is 0. The number of alkyl halides is 5. The zero-order valence-electron chi connectivity index (χ0n) is 13.9. The molecular weight excluding hydrogens is 448 g/mol. The number of hydrogen-bond acceptors (Lipinski definition) is 3. The molecule has 0 bridgehead atoms. The van der Waals surface area contributed by atoms with E-state index in [0.717, 1.165) is 12.1 Å². The van der Waals surface area contributed by atoms with E-state index in [-0.39, 0.29) is 5.69 Å². The fourth-order valence-corrected chi connectivity index (χ4v) is 3.69. The van der Waals surface area contributed by atoms with E-state index in [1.807, 2.05) is 0 Å². The number of rotatable bonds is 5. The second-order valence-electron chi connectivity index (χ2n) is 5.30. The van der Waals surface area contributed by atoms with Gasteiger partial charge in [-0.1, -0.05) is 0 Å². The van der Waals surface area contributed by atoms with E-state index in [2.05, 4.69) is 18.7 Å². The monoisotopic (exact) mass is 466 g/mol. The van der Waals surface area contributed by atoms with Gasteiger partial charge in [-0.2, -0.15) is 0 Å². The molecule has 0 unspecified atom stereocenters. The zero-order chi connectivity index (χ0) is 18.6. The van der Waals surface area contributed by atoms with Gasteiger partial charge in [0.05, 0.1) is 0 Å². The summed E-state index contributed by atoms with van der Waals surface area (Å²) < 4.78 is 46.8. The summed E-state index contributed by atoms with van der Waals surface area (Å²) in [4.78, 5) is 16.6. The van der Waals surface area contributed by atoms with E-state index in [1.165, 1.54) is 19.2 Å². The third-order valence-electron chi connectivity index (χ3n) is 3.20. The Labute approximate surface area is 151 Å². The van der Waals surface area contributed by atoms with Crippen LogP contribution in [0.2, 0.25) is 0 Å². The Morgan fingerprint density at radius 3 is 2.44 bits per heavy atom. The molecule has 1 amide bonds. The standard InChI is InChI=1S/C17H18F3IN2O2/c1-21(2)23-14-9-11(7-8-15(14)25-3)16(24)22-13-6-4-5-12(10-13)17(18,19)20/h4-10,23H,1-3H3,(H,22,24). The third-order valence-corrected chi connectivity index (χ3v) is 4.86. The minimum atomic E-state index is -4.46. The van der Waals surface area contributed by atoms with Crippen LogP contribution in [0.25, 0.3) is 0 Å². The fourth-order valence-electron chi connectivity index (χ4n) is 2.10. The predicted octanol–water partition coefficient (Wildman–Crippen LogP) is 5.06. The molecule has 4 nitrogen and oxygen atoms in total. The molecule has 136 valence electrons. The van der Waals surface area contributed by atoms with Crippen molar-refractivity contribution in [3.63, 3.8) is 0 Å². The van der Waals surface area contributed by atoms with Gasteiger partial charge in [-0.05, 0) is 0 Å². The predicted molar refractivity (Wildman–Crippen MR) is 102 cm³/mol. The molecular formula is C17H18F3IN2O2. The Hall–Kier alpha value is -1.97. The average Bonchev–Trinajstić information content (AvgIpc) is 2.53. The van der Waals surface area contributed by atoms with Crippen LogP contribution >= 0.6 is 20.1 Å². The van der Waals surface area contributed by atoms with Gasteiger partial charge in [-0.25, -0.2) is 0 Å². The van der Waals surface area contributed by atoms with Crippen LogP contribution in [0.4, 0.5) is 24.5 Å². The summed E-state index contributed by atoms with van der Waals surface area (Å²) in [5, 5.41) is 2.49. The number of amides is 1. The quantitative estimate of drug-likeness (QED) is 0.368. The first-order chi connectivity index (χ1) is 11.7. The van der Waals surface area contributed by atoms with E-state index < -0.39 is 37.7 Å². The number of nitrogens with one attached hydrogen (secondary N) is 2. The summed E-state index contributed by atoms with van der Waals surface area (Å²) in [7, 11) is 1.53. The van der Waals surface area contributed by atoms with E-state index in [4.69, 9.17) is 4.74 Å². The zero-order valence-corrected chi connectivity index (χ0v) is 16.0. The first kappa shape index (κ1) is 19.4. The molecule has 2 aromatic carbocycles. The Morgan fingerprint density at radius 1 is 1.12 bits per heavy atom. The van der Waals surface area contributed by atoms with Crippen LogP contribution in [-0.2, 0) is 6.18 Å². The van der Waals surface area contributed by atoms with Crippen molar-refractivity contribution < 1.29 is 22.7 Å². The molecule has 0 saturated heterocycles. The Morgan fingerprint density at radius 2 is 1.84 bits per heavy atom. The van der Waals surface area contributed by atoms with Gasteiger partial charge in [0.1, 0.15) is 0 Å². The van der Waals surface area contributed by atoms with Crippen LogP contribution in [0.5, 0.6) is 5.75 Å². The van der Waals surface area contributed by atoms with Crippen LogP contribution in [0.15, 0.2) is 42.5 Å². The molecule has 0 fully saturated rings. The molecule has 0 aliphatic heterocycles. The molecule has 0 saturated carbocycles. The van der Waals surface area contributed by atoms with Crippen molar-refractivity contribution in [1.82, 2.24) is 0 Å². The van der Waals surface area contributed by atoms with Crippen molar-refractivity contribution in [2.75, 3.05) is 25.8 Å². The second kappa shape index (κ2) is 7.94. The number of ether oxygens (including phenoxy) is 1. The Kier molecular flexibility index (Phi) is 6.15. The molecule has 2 rings (SSSR count). The van der Waals surface area contributed by atoms with Crippen LogP contribution in [0.3, 0.4) is 0 Å². The molecule has 8 heteroatoms. The van der Waals surface area contributed by atoms with Gasteiger partial charge >= 0.3 is 151 Å². The van der Waals surface area contributed by atoms with Gasteiger partial charge in [0.15, 0.2) is 0 Å². The number of halogens is 4. The fraction of sp³-hybridized carbons (Fsp3) is 0.235. The first-order valence-electron chi connectivity index (χ1n) is 7.14. The Balaban J connectivity index is 2.24. The van der Waals surface area contributed by atoms with Crippen molar-refractivity contribution in [3.8, 4) is 5.75 Å². The van der Waals surface area contributed by atoms with Crippen molar-refractivity contribution in [2.24, 2.45) is 0 Å². The molecule has 0 heterocycles. The Bertz CT molecular complexity index is 764. The topological polar surface area (TPSA) is 50.4 Å². The van der Waals surface area contributed by atoms with Gasteiger partial charge in [0.25, 0.3) is 0 Å². The molecule has 0 aromatic heterocycles. The first-order valence-corrected chi connectivity index (χ1v) is 12.5. The van der Waals surface area contributed by atoms with Gasteiger partial charge in [-0.3, -0.25) is 0 Å². The average molecular weight is 466 g/mol. The summed E-state index contributed by atoms with van der Waals surface area (Å²) in [5.74, 6) is 0.124. The maximum atomic E-state index is 12.8. The minimum absolute atomic E-state index is 0.0876. The van der Waals surface area contributed by atoms with Gasteiger partial charge in [0.2, 0.25) is 0 Å². The van der Waals surface area contributed by atoms with Crippen molar-refractivity contribution in [2.45, 2.75) is 6.18 Å². The molecule has 0 spiro atoms. The van der Waals surface area contributed by atoms with Gasteiger partial charge < -0.3 is 0 Å². The van der Waals surface area contributed by atoms with Crippen molar-refractivity contribution in [3.05, 3.63) is 53.6 Å². The molecule has 0 aliphatic carbocycles. The van der Waals surface area contributed by atoms with Crippen LogP contribution in [0, 0.1) is 0 Å². The van der Waals surface area contributed by atoms with E-state index >= 15 is 0 Å². The molecule has 0 atom stereocenters. The van der Waals surface area contributed by atoms with Crippen LogP contribution in [-0.4, -0.2) is 22.9 Å². The molecule has 0 aliphatic rings. The molecule has 0 radical (unpaired) electrons. The number of carbonyl (C=O) groups is 1.